The topological polar surface area (TPSA) is 37.3 Å². The number of nitrogens with zero attached hydrogens (tertiary/aromatic N) is 2. The first-order valence-corrected chi connectivity index (χ1v) is 6.69. The third kappa shape index (κ3) is 2.93. The summed E-state index contributed by atoms with van der Waals surface area (Å²) in [4.78, 5) is 4.16. The van der Waals surface area contributed by atoms with Gasteiger partial charge in [-0.1, -0.05) is 35.9 Å². The molecule has 1 aromatic carbocycles. The molecule has 0 saturated carbocycles. The van der Waals surface area contributed by atoms with Crippen molar-refractivity contribution in [2.45, 2.75) is 19.3 Å². The van der Waals surface area contributed by atoms with Gasteiger partial charge in [-0.2, -0.15) is 5.10 Å². The third-order valence-corrected chi connectivity index (χ3v) is 3.48. The first-order chi connectivity index (χ1) is 9.31. The summed E-state index contributed by atoms with van der Waals surface area (Å²) in [7, 11) is 0. The molecule has 0 spiro atoms. The van der Waals surface area contributed by atoms with Gasteiger partial charge in [-0.25, -0.2) is 4.98 Å². The molecule has 0 amide bonds. The molecule has 4 heteroatoms. The average Bonchev–Trinajstić information content (AvgIpc) is 2.46. The largest absolute Gasteiger partial charge is 0.261 e. The summed E-state index contributed by atoms with van der Waals surface area (Å²) < 4.78 is 0. The zero-order valence-electron chi connectivity index (χ0n) is 10.4. The van der Waals surface area contributed by atoms with Crippen LogP contribution in [0.4, 0.5) is 5.82 Å². The molecule has 0 atom stereocenters. The monoisotopic (exact) mass is 271 g/mol. The quantitative estimate of drug-likeness (QED) is 0.846. The molecular formula is C15H14ClN3. The summed E-state index contributed by atoms with van der Waals surface area (Å²) in [6.45, 7) is 0. The lowest BCUT2D eigenvalue weighted by Gasteiger charge is -2.17. The standard InChI is InChI=1S/C15H14ClN3/c16-13-6-8-15(17-10-13)19-18-14-7-5-11-3-1-2-4-12(11)9-14/h1-4,6,8,10H,5,7,9H2,(H,17,19). The fourth-order valence-electron chi connectivity index (χ4n) is 2.23. The van der Waals surface area contributed by atoms with Gasteiger partial charge < -0.3 is 0 Å². The minimum atomic E-state index is 0.629. The van der Waals surface area contributed by atoms with Crippen molar-refractivity contribution in [3.8, 4) is 0 Å². The molecule has 0 saturated heterocycles. The van der Waals surface area contributed by atoms with Crippen LogP contribution in [0.5, 0.6) is 0 Å². The number of aromatic nitrogens is 1. The number of hydrazone groups is 1. The van der Waals surface area contributed by atoms with Gasteiger partial charge in [-0.3, -0.25) is 5.43 Å². The molecule has 1 heterocycles. The molecule has 0 unspecified atom stereocenters. The summed E-state index contributed by atoms with van der Waals surface area (Å²) >= 11 is 5.79. The highest BCUT2D eigenvalue weighted by Crippen LogP contribution is 2.19. The van der Waals surface area contributed by atoms with Gasteiger partial charge >= 0.3 is 0 Å². The van der Waals surface area contributed by atoms with E-state index in [2.05, 4.69) is 39.8 Å². The molecule has 19 heavy (non-hydrogen) atoms. The van der Waals surface area contributed by atoms with E-state index < -0.39 is 0 Å². The maximum atomic E-state index is 5.79. The predicted molar refractivity (Wildman–Crippen MR) is 78.8 cm³/mol. The molecule has 3 nitrogen and oxygen atoms in total. The van der Waals surface area contributed by atoms with Crippen LogP contribution in [0.25, 0.3) is 0 Å². The second kappa shape index (κ2) is 5.41. The van der Waals surface area contributed by atoms with Gasteiger partial charge in [0.15, 0.2) is 0 Å². The van der Waals surface area contributed by atoms with E-state index in [0.717, 1.165) is 30.8 Å². The van der Waals surface area contributed by atoms with Gasteiger partial charge in [0.2, 0.25) is 0 Å². The van der Waals surface area contributed by atoms with Crippen LogP contribution in [0, 0.1) is 0 Å². The van der Waals surface area contributed by atoms with Crippen LogP contribution in [0.1, 0.15) is 17.5 Å². The third-order valence-electron chi connectivity index (χ3n) is 3.25. The molecule has 2 aromatic rings. The Kier molecular flexibility index (Phi) is 3.47. The molecule has 3 rings (SSSR count). The Bertz CT molecular complexity index is 605. The molecule has 1 aliphatic rings. The second-order valence-electron chi connectivity index (χ2n) is 4.60. The highest BCUT2D eigenvalue weighted by Gasteiger charge is 2.13. The van der Waals surface area contributed by atoms with E-state index in [-0.39, 0.29) is 0 Å². The van der Waals surface area contributed by atoms with Gasteiger partial charge in [0.25, 0.3) is 0 Å². The molecule has 0 bridgehead atoms. The molecule has 1 aromatic heterocycles. The lowest BCUT2D eigenvalue weighted by molar-refractivity contribution is 0.940. The summed E-state index contributed by atoms with van der Waals surface area (Å²) in [6.07, 6.45) is 4.58. The van der Waals surface area contributed by atoms with Crippen molar-refractivity contribution < 1.29 is 0 Å². The molecule has 0 fully saturated rings. The lowest BCUT2D eigenvalue weighted by Crippen LogP contribution is -2.15. The molecule has 0 aliphatic heterocycles. The van der Waals surface area contributed by atoms with Gasteiger partial charge in [-0.15, -0.1) is 0 Å². The average molecular weight is 272 g/mol. The SMILES string of the molecule is Clc1ccc(NN=C2CCc3ccccc3C2)nc1. The summed E-state index contributed by atoms with van der Waals surface area (Å²) in [5.41, 5.74) is 6.96. The Balaban J connectivity index is 1.71. The number of pyridine rings is 1. The number of nitrogens with one attached hydrogen (secondary N) is 1. The van der Waals surface area contributed by atoms with Crippen molar-refractivity contribution in [2.24, 2.45) is 5.10 Å². The van der Waals surface area contributed by atoms with Crippen molar-refractivity contribution in [3.63, 3.8) is 0 Å². The Morgan fingerprint density at radius 2 is 1.89 bits per heavy atom. The van der Waals surface area contributed by atoms with Crippen molar-refractivity contribution in [1.82, 2.24) is 4.98 Å². The van der Waals surface area contributed by atoms with E-state index in [1.54, 1.807) is 12.3 Å². The number of anilines is 1. The van der Waals surface area contributed by atoms with Crippen LogP contribution in [-0.2, 0) is 12.8 Å². The first kappa shape index (κ1) is 12.2. The first-order valence-electron chi connectivity index (χ1n) is 6.31. The highest BCUT2D eigenvalue weighted by molar-refractivity contribution is 6.30. The minimum absolute atomic E-state index is 0.629. The Morgan fingerprint density at radius 1 is 1.05 bits per heavy atom. The molecule has 0 radical (unpaired) electrons. The number of hydrogen-bond donors (Lipinski definition) is 1. The maximum Gasteiger partial charge on any atom is 0.146 e. The Morgan fingerprint density at radius 3 is 2.68 bits per heavy atom. The molecule has 96 valence electrons. The molecule has 1 aliphatic carbocycles. The number of fused-ring (bicyclic) bond motifs is 1. The van der Waals surface area contributed by atoms with Crippen LogP contribution in [0.3, 0.4) is 0 Å². The number of benzene rings is 1. The van der Waals surface area contributed by atoms with Crippen molar-refractivity contribution in [1.29, 1.82) is 0 Å². The van der Waals surface area contributed by atoms with E-state index >= 15 is 0 Å². The van der Waals surface area contributed by atoms with Gasteiger partial charge in [-0.05, 0) is 36.1 Å². The van der Waals surface area contributed by atoms with Crippen LogP contribution < -0.4 is 5.43 Å². The normalized spacial score (nSPS) is 16.2. The fraction of sp³-hybridized carbons (Fsp3) is 0.200. The highest BCUT2D eigenvalue weighted by atomic mass is 35.5. The van der Waals surface area contributed by atoms with Crippen LogP contribution in [-0.4, -0.2) is 10.7 Å². The number of rotatable bonds is 2. The summed E-state index contributed by atoms with van der Waals surface area (Å²) in [6, 6.07) is 12.2. The van der Waals surface area contributed by atoms with Crippen molar-refractivity contribution >= 4 is 23.1 Å². The van der Waals surface area contributed by atoms with Crippen LogP contribution >= 0.6 is 11.6 Å². The smallest absolute Gasteiger partial charge is 0.146 e. The van der Waals surface area contributed by atoms with Crippen molar-refractivity contribution in [2.75, 3.05) is 5.43 Å². The number of hydrogen-bond acceptors (Lipinski definition) is 3. The zero-order chi connectivity index (χ0) is 13.1. The second-order valence-corrected chi connectivity index (χ2v) is 5.03. The maximum absolute atomic E-state index is 5.79. The van der Waals surface area contributed by atoms with Gasteiger partial charge in [0, 0.05) is 18.3 Å². The summed E-state index contributed by atoms with van der Waals surface area (Å²) in [5, 5.41) is 5.07. The zero-order valence-corrected chi connectivity index (χ0v) is 11.2. The number of aryl methyl sites for hydroxylation is 1. The van der Waals surface area contributed by atoms with E-state index in [1.807, 2.05) is 6.07 Å². The Hall–Kier alpha value is -1.87. The van der Waals surface area contributed by atoms with Crippen LogP contribution in [0.15, 0.2) is 47.7 Å². The van der Waals surface area contributed by atoms with Crippen molar-refractivity contribution in [3.05, 3.63) is 58.7 Å². The lowest BCUT2D eigenvalue weighted by atomic mass is 9.90. The van der Waals surface area contributed by atoms with Gasteiger partial charge in [0.05, 0.1) is 5.02 Å². The minimum Gasteiger partial charge on any atom is -0.261 e. The van der Waals surface area contributed by atoms with E-state index in [1.165, 1.54) is 11.1 Å². The van der Waals surface area contributed by atoms with E-state index in [4.69, 9.17) is 11.6 Å². The van der Waals surface area contributed by atoms with Crippen LogP contribution in [0.2, 0.25) is 5.02 Å². The van der Waals surface area contributed by atoms with E-state index in [0.29, 0.717) is 5.02 Å². The summed E-state index contributed by atoms with van der Waals surface area (Å²) in [5.74, 6) is 0.718. The van der Waals surface area contributed by atoms with E-state index in [9.17, 15) is 0 Å². The molecule has 1 N–H and O–H groups in total. The molecular weight excluding hydrogens is 258 g/mol. The number of halogens is 1. The Labute approximate surface area is 117 Å². The van der Waals surface area contributed by atoms with Gasteiger partial charge in [0.1, 0.15) is 5.82 Å². The fourth-order valence-corrected chi connectivity index (χ4v) is 2.35. The predicted octanol–water partition coefficient (Wildman–Crippen LogP) is 3.69.